The van der Waals surface area contributed by atoms with E-state index in [-0.39, 0.29) is 33.5 Å². The lowest BCUT2D eigenvalue weighted by molar-refractivity contribution is -0.122. The fourth-order valence-electron chi connectivity index (χ4n) is 3.47. The van der Waals surface area contributed by atoms with E-state index in [2.05, 4.69) is 4.98 Å². The van der Waals surface area contributed by atoms with Crippen LogP contribution >= 0.6 is 11.6 Å². The van der Waals surface area contributed by atoms with Crippen molar-refractivity contribution in [2.24, 2.45) is 11.7 Å². The first-order valence-electron chi connectivity index (χ1n) is 9.47. The van der Waals surface area contributed by atoms with Crippen LogP contribution < -0.4 is 10.6 Å². The molecule has 3 aromatic rings. The summed E-state index contributed by atoms with van der Waals surface area (Å²) in [6, 6.07) is 15.0. The molecule has 156 valence electrons. The smallest absolute Gasteiger partial charge is 0.236 e. The molecule has 0 spiro atoms. The van der Waals surface area contributed by atoms with Crippen LogP contribution in [0, 0.1) is 5.92 Å². The van der Waals surface area contributed by atoms with Gasteiger partial charge in [0.05, 0.1) is 4.90 Å². The van der Waals surface area contributed by atoms with Gasteiger partial charge in [-0.05, 0) is 49.2 Å². The number of nitrogens with two attached hydrogens (primary N) is 1. The summed E-state index contributed by atoms with van der Waals surface area (Å²) in [5.74, 6) is -0.179. The Labute approximate surface area is 179 Å². The molecule has 0 bridgehead atoms. The number of halogens is 1. The fourth-order valence-corrected chi connectivity index (χ4v) is 4.92. The third-order valence-electron chi connectivity index (χ3n) is 5.16. The maximum atomic E-state index is 13.4. The Kier molecular flexibility index (Phi) is 5.53. The van der Waals surface area contributed by atoms with Crippen molar-refractivity contribution in [3.8, 4) is 11.5 Å². The van der Waals surface area contributed by atoms with E-state index < -0.39 is 9.84 Å². The topological polar surface area (TPSA) is 106 Å². The summed E-state index contributed by atoms with van der Waals surface area (Å²) in [5.41, 5.74) is 6.09. The van der Waals surface area contributed by atoms with E-state index in [0.717, 1.165) is 0 Å². The van der Waals surface area contributed by atoms with Crippen LogP contribution in [0.4, 0.5) is 5.88 Å². The molecule has 2 aromatic carbocycles. The van der Waals surface area contributed by atoms with Gasteiger partial charge in [-0.2, -0.15) is 4.98 Å². The standard InChI is InChI=1S/C21H20ClN3O4S/c22-16-6-8-17(9-7-16)30(27,28)20-21(25-12-10-14(11-13-25)18(23)26)29-19(24-20)15-4-2-1-3-5-15/h1-9,14H,10-13H2,(H2,23,26). The monoisotopic (exact) mass is 445 g/mol. The zero-order valence-electron chi connectivity index (χ0n) is 16.0. The molecule has 1 aliphatic rings. The lowest BCUT2D eigenvalue weighted by Crippen LogP contribution is -2.38. The van der Waals surface area contributed by atoms with E-state index in [9.17, 15) is 13.2 Å². The highest BCUT2D eigenvalue weighted by atomic mass is 35.5. The number of aromatic nitrogens is 1. The van der Waals surface area contributed by atoms with Crippen molar-refractivity contribution in [3.63, 3.8) is 0 Å². The van der Waals surface area contributed by atoms with Gasteiger partial charge in [-0.15, -0.1) is 0 Å². The van der Waals surface area contributed by atoms with Gasteiger partial charge in [0, 0.05) is 29.6 Å². The van der Waals surface area contributed by atoms with E-state index in [1.54, 1.807) is 12.1 Å². The zero-order chi connectivity index (χ0) is 21.3. The molecule has 0 atom stereocenters. The number of nitrogens with zero attached hydrogens (tertiary/aromatic N) is 2. The molecule has 4 rings (SSSR count). The second kappa shape index (κ2) is 8.12. The van der Waals surface area contributed by atoms with Crippen molar-refractivity contribution < 1.29 is 17.6 Å². The predicted molar refractivity (Wildman–Crippen MR) is 113 cm³/mol. The van der Waals surface area contributed by atoms with E-state index in [1.807, 2.05) is 23.1 Å². The predicted octanol–water partition coefficient (Wildman–Crippen LogP) is 3.53. The number of carbonyl (C=O) groups is 1. The average molecular weight is 446 g/mol. The molecular formula is C21H20ClN3O4S. The summed E-state index contributed by atoms with van der Waals surface area (Å²) in [6.07, 6.45) is 1.05. The molecule has 2 heterocycles. The van der Waals surface area contributed by atoms with Crippen LogP contribution in [0.15, 0.2) is 68.9 Å². The van der Waals surface area contributed by atoms with Crippen LogP contribution in [0.2, 0.25) is 5.02 Å². The van der Waals surface area contributed by atoms with E-state index >= 15 is 0 Å². The minimum absolute atomic E-state index is 0.0769. The minimum atomic E-state index is -3.95. The molecule has 0 aliphatic carbocycles. The molecule has 30 heavy (non-hydrogen) atoms. The summed E-state index contributed by atoms with van der Waals surface area (Å²) in [5, 5.41) is 0.286. The molecule has 1 aromatic heterocycles. The average Bonchev–Trinajstić information content (AvgIpc) is 3.21. The molecule has 0 saturated carbocycles. The highest BCUT2D eigenvalue weighted by Crippen LogP contribution is 2.36. The number of sulfone groups is 1. The van der Waals surface area contributed by atoms with Crippen LogP contribution in [-0.4, -0.2) is 32.4 Å². The van der Waals surface area contributed by atoms with Crippen LogP contribution in [0.1, 0.15) is 12.8 Å². The van der Waals surface area contributed by atoms with Crippen LogP contribution in [0.5, 0.6) is 0 Å². The molecule has 7 nitrogen and oxygen atoms in total. The normalized spacial score (nSPS) is 15.3. The molecule has 0 radical (unpaired) electrons. The Morgan fingerprint density at radius 3 is 2.30 bits per heavy atom. The first-order valence-corrected chi connectivity index (χ1v) is 11.3. The Morgan fingerprint density at radius 2 is 1.70 bits per heavy atom. The molecule has 2 N–H and O–H groups in total. The van der Waals surface area contributed by atoms with Gasteiger partial charge in [0.1, 0.15) is 0 Å². The summed E-state index contributed by atoms with van der Waals surface area (Å²) in [7, 11) is -3.95. The molecular weight excluding hydrogens is 426 g/mol. The van der Waals surface area contributed by atoms with Crippen molar-refractivity contribution in [3.05, 3.63) is 59.6 Å². The number of anilines is 1. The number of primary amides is 1. The van der Waals surface area contributed by atoms with Crippen LogP contribution in [0.3, 0.4) is 0 Å². The van der Waals surface area contributed by atoms with Crippen LogP contribution in [-0.2, 0) is 14.6 Å². The minimum Gasteiger partial charge on any atom is -0.419 e. The molecule has 0 unspecified atom stereocenters. The number of piperidine rings is 1. The van der Waals surface area contributed by atoms with Gasteiger partial charge in [0.2, 0.25) is 32.5 Å². The Balaban J connectivity index is 1.78. The molecule has 1 aliphatic heterocycles. The number of hydrogen-bond donors (Lipinski definition) is 1. The lowest BCUT2D eigenvalue weighted by atomic mass is 9.96. The third-order valence-corrected chi connectivity index (χ3v) is 7.08. The lowest BCUT2D eigenvalue weighted by Gasteiger charge is -2.30. The van der Waals surface area contributed by atoms with Gasteiger partial charge in [0.25, 0.3) is 0 Å². The first-order chi connectivity index (χ1) is 14.4. The fraction of sp³-hybridized carbons (Fsp3) is 0.238. The van der Waals surface area contributed by atoms with E-state index in [4.69, 9.17) is 21.8 Å². The zero-order valence-corrected chi connectivity index (χ0v) is 17.6. The summed E-state index contributed by atoms with van der Waals surface area (Å²) in [6.45, 7) is 0.889. The molecule has 1 saturated heterocycles. The Hall–Kier alpha value is -2.84. The second-order valence-electron chi connectivity index (χ2n) is 7.12. The summed E-state index contributed by atoms with van der Waals surface area (Å²) >= 11 is 5.91. The highest BCUT2D eigenvalue weighted by Gasteiger charge is 2.33. The van der Waals surface area contributed by atoms with Gasteiger partial charge in [0.15, 0.2) is 0 Å². The highest BCUT2D eigenvalue weighted by molar-refractivity contribution is 7.91. The SMILES string of the molecule is NC(=O)C1CCN(c2oc(-c3ccccc3)nc2S(=O)(=O)c2ccc(Cl)cc2)CC1. The van der Waals surface area contributed by atoms with Gasteiger partial charge in [-0.3, -0.25) is 4.79 Å². The van der Waals surface area contributed by atoms with Crippen molar-refractivity contribution in [1.82, 2.24) is 4.98 Å². The molecule has 9 heteroatoms. The number of benzene rings is 2. The van der Waals surface area contributed by atoms with Crippen molar-refractivity contribution in [2.75, 3.05) is 18.0 Å². The third kappa shape index (κ3) is 3.93. The van der Waals surface area contributed by atoms with Gasteiger partial charge < -0.3 is 15.1 Å². The maximum absolute atomic E-state index is 13.4. The summed E-state index contributed by atoms with van der Waals surface area (Å²) < 4.78 is 32.7. The van der Waals surface area contributed by atoms with Gasteiger partial charge in [-0.1, -0.05) is 29.8 Å². The largest absolute Gasteiger partial charge is 0.419 e. The quantitative estimate of drug-likeness (QED) is 0.643. The number of rotatable bonds is 5. The van der Waals surface area contributed by atoms with Gasteiger partial charge >= 0.3 is 0 Å². The maximum Gasteiger partial charge on any atom is 0.236 e. The second-order valence-corrected chi connectivity index (χ2v) is 9.42. The number of carbonyl (C=O) groups excluding carboxylic acids is 1. The summed E-state index contributed by atoms with van der Waals surface area (Å²) in [4.78, 5) is 17.7. The Morgan fingerprint density at radius 1 is 1.07 bits per heavy atom. The first kappa shape index (κ1) is 20.4. The van der Waals surface area contributed by atoms with E-state index in [1.165, 1.54) is 24.3 Å². The van der Waals surface area contributed by atoms with Crippen molar-refractivity contribution in [1.29, 1.82) is 0 Å². The van der Waals surface area contributed by atoms with E-state index in [0.29, 0.717) is 36.5 Å². The van der Waals surface area contributed by atoms with Crippen molar-refractivity contribution in [2.45, 2.75) is 22.8 Å². The van der Waals surface area contributed by atoms with Crippen LogP contribution in [0.25, 0.3) is 11.5 Å². The Bertz CT molecular complexity index is 1150. The van der Waals surface area contributed by atoms with Gasteiger partial charge in [-0.25, -0.2) is 8.42 Å². The van der Waals surface area contributed by atoms with Crippen molar-refractivity contribution >= 4 is 33.2 Å². The number of hydrogen-bond acceptors (Lipinski definition) is 6. The molecule has 1 fully saturated rings. The number of oxazole rings is 1. The molecule has 1 amide bonds. The number of amides is 1.